The average molecular weight is 252 g/mol. The van der Waals surface area contributed by atoms with Gasteiger partial charge in [-0.1, -0.05) is 26.0 Å². The number of benzene rings is 1. The van der Waals surface area contributed by atoms with E-state index in [0.717, 1.165) is 19.6 Å². The minimum Gasteiger partial charge on any atom is -0.355 e. The van der Waals surface area contributed by atoms with Crippen LogP contribution in [0, 0.1) is 5.82 Å². The number of carbonyl (C=O) groups is 1. The van der Waals surface area contributed by atoms with Crippen LogP contribution in [0.2, 0.25) is 0 Å². The SMILES string of the molecule is CCN(CC)CCNC(=O)Cc1cccc(F)c1. The summed E-state index contributed by atoms with van der Waals surface area (Å²) in [4.78, 5) is 13.9. The van der Waals surface area contributed by atoms with Crippen molar-refractivity contribution in [1.82, 2.24) is 10.2 Å². The van der Waals surface area contributed by atoms with Crippen LogP contribution in [0.4, 0.5) is 4.39 Å². The maximum absolute atomic E-state index is 12.9. The van der Waals surface area contributed by atoms with Crippen molar-refractivity contribution in [2.45, 2.75) is 20.3 Å². The van der Waals surface area contributed by atoms with E-state index in [2.05, 4.69) is 24.1 Å². The highest BCUT2D eigenvalue weighted by Crippen LogP contribution is 2.03. The smallest absolute Gasteiger partial charge is 0.224 e. The first-order valence-corrected chi connectivity index (χ1v) is 6.39. The Kier molecular flexibility index (Phi) is 6.36. The number of nitrogens with one attached hydrogen (secondary N) is 1. The number of rotatable bonds is 7. The summed E-state index contributed by atoms with van der Waals surface area (Å²) >= 11 is 0. The molecule has 4 heteroatoms. The predicted molar refractivity (Wildman–Crippen MR) is 70.9 cm³/mol. The van der Waals surface area contributed by atoms with E-state index in [1.807, 2.05) is 0 Å². The maximum Gasteiger partial charge on any atom is 0.224 e. The molecule has 100 valence electrons. The number of halogens is 1. The summed E-state index contributed by atoms with van der Waals surface area (Å²) in [6.45, 7) is 7.64. The molecule has 0 radical (unpaired) electrons. The minimum atomic E-state index is -0.302. The predicted octanol–water partition coefficient (Wildman–Crippen LogP) is 1.83. The van der Waals surface area contributed by atoms with Gasteiger partial charge in [0.15, 0.2) is 0 Å². The summed E-state index contributed by atoms with van der Waals surface area (Å²) in [5.74, 6) is -0.365. The zero-order valence-corrected chi connectivity index (χ0v) is 11.1. The largest absolute Gasteiger partial charge is 0.355 e. The fourth-order valence-electron chi connectivity index (χ4n) is 1.79. The Morgan fingerprint density at radius 2 is 2.06 bits per heavy atom. The molecule has 0 atom stereocenters. The molecule has 1 amide bonds. The van der Waals surface area contributed by atoms with E-state index in [4.69, 9.17) is 0 Å². The second-order valence-corrected chi connectivity index (χ2v) is 4.18. The molecule has 1 rings (SSSR count). The van der Waals surface area contributed by atoms with Gasteiger partial charge in [-0.2, -0.15) is 0 Å². The normalized spacial score (nSPS) is 10.7. The summed E-state index contributed by atoms with van der Waals surface area (Å²) in [5.41, 5.74) is 0.704. The minimum absolute atomic E-state index is 0.0623. The summed E-state index contributed by atoms with van der Waals surface area (Å²) in [6, 6.07) is 6.15. The van der Waals surface area contributed by atoms with E-state index in [1.165, 1.54) is 12.1 Å². The molecule has 3 nitrogen and oxygen atoms in total. The number of hydrogen-bond acceptors (Lipinski definition) is 2. The van der Waals surface area contributed by atoms with Gasteiger partial charge in [0.2, 0.25) is 5.91 Å². The standard InChI is InChI=1S/C14H21FN2O/c1-3-17(4-2)9-8-16-14(18)11-12-6-5-7-13(15)10-12/h5-7,10H,3-4,8-9,11H2,1-2H3,(H,16,18). The molecule has 0 fully saturated rings. The third-order valence-electron chi connectivity index (χ3n) is 2.90. The molecule has 0 unspecified atom stereocenters. The van der Waals surface area contributed by atoms with Gasteiger partial charge in [-0.3, -0.25) is 4.79 Å². The molecule has 0 heterocycles. The lowest BCUT2D eigenvalue weighted by Crippen LogP contribution is -2.35. The Hall–Kier alpha value is -1.42. The number of hydrogen-bond donors (Lipinski definition) is 1. The van der Waals surface area contributed by atoms with E-state index < -0.39 is 0 Å². The van der Waals surface area contributed by atoms with Gasteiger partial charge in [0, 0.05) is 13.1 Å². The first kappa shape index (κ1) is 14.6. The lowest BCUT2D eigenvalue weighted by atomic mass is 10.1. The Morgan fingerprint density at radius 3 is 2.67 bits per heavy atom. The third-order valence-corrected chi connectivity index (χ3v) is 2.90. The summed E-state index contributed by atoms with van der Waals surface area (Å²) in [6.07, 6.45) is 0.232. The highest BCUT2D eigenvalue weighted by molar-refractivity contribution is 5.78. The molecule has 18 heavy (non-hydrogen) atoms. The lowest BCUT2D eigenvalue weighted by molar-refractivity contribution is -0.120. The van der Waals surface area contributed by atoms with Crippen LogP contribution in [0.15, 0.2) is 24.3 Å². The van der Waals surface area contributed by atoms with Gasteiger partial charge in [0.25, 0.3) is 0 Å². The zero-order chi connectivity index (χ0) is 13.4. The molecule has 0 bridgehead atoms. The van der Waals surface area contributed by atoms with Crippen molar-refractivity contribution in [3.8, 4) is 0 Å². The van der Waals surface area contributed by atoms with Crippen molar-refractivity contribution in [3.63, 3.8) is 0 Å². The highest BCUT2D eigenvalue weighted by Gasteiger charge is 2.04. The monoisotopic (exact) mass is 252 g/mol. The van der Waals surface area contributed by atoms with Gasteiger partial charge < -0.3 is 10.2 Å². The third kappa shape index (κ3) is 5.27. The van der Waals surface area contributed by atoms with Crippen LogP contribution >= 0.6 is 0 Å². The van der Waals surface area contributed by atoms with Gasteiger partial charge in [0.05, 0.1) is 6.42 Å². The molecular weight excluding hydrogens is 231 g/mol. The molecule has 1 aromatic rings. The van der Waals surface area contributed by atoms with Crippen molar-refractivity contribution in [2.24, 2.45) is 0 Å². The van der Waals surface area contributed by atoms with Crippen LogP contribution < -0.4 is 5.32 Å². The average Bonchev–Trinajstić information content (AvgIpc) is 2.34. The van der Waals surface area contributed by atoms with E-state index in [1.54, 1.807) is 12.1 Å². The second-order valence-electron chi connectivity index (χ2n) is 4.18. The molecular formula is C14H21FN2O. The van der Waals surface area contributed by atoms with Crippen molar-refractivity contribution < 1.29 is 9.18 Å². The Bertz CT molecular complexity index is 378. The second kappa shape index (κ2) is 7.82. The molecule has 0 saturated heterocycles. The molecule has 0 aliphatic heterocycles. The zero-order valence-electron chi connectivity index (χ0n) is 11.1. The van der Waals surface area contributed by atoms with E-state index >= 15 is 0 Å². The van der Waals surface area contributed by atoms with Crippen LogP contribution in [0.5, 0.6) is 0 Å². The van der Waals surface area contributed by atoms with Gasteiger partial charge in [-0.25, -0.2) is 4.39 Å². The van der Waals surface area contributed by atoms with Crippen LogP contribution in [0.1, 0.15) is 19.4 Å². The molecule has 0 aliphatic carbocycles. The summed E-state index contributed by atoms with van der Waals surface area (Å²) in [7, 11) is 0. The van der Waals surface area contributed by atoms with E-state index in [0.29, 0.717) is 12.1 Å². The Labute approximate surface area is 108 Å². The fraction of sp³-hybridized carbons (Fsp3) is 0.500. The number of amides is 1. The summed E-state index contributed by atoms with van der Waals surface area (Å²) < 4.78 is 12.9. The quantitative estimate of drug-likeness (QED) is 0.803. The van der Waals surface area contributed by atoms with Gasteiger partial charge >= 0.3 is 0 Å². The van der Waals surface area contributed by atoms with Gasteiger partial charge in [-0.05, 0) is 30.8 Å². The van der Waals surface area contributed by atoms with Crippen LogP contribution in [0.3, 0.4) is 0 Å². The summed E-state index contributed by atoms with van der Waals surface area (Å²) in [5, 5.41) is 2.85. The number of carbonyl (C=O) groups excluding carboxylic acids is 1. The van der Waals surface area contributed by atoms with Crippen LogP contribution in [0.25, 0.3) is 0 Å². The van der Waals surface area contributed by atoms with Crippen molar-refractivity contribution in [1.29, 1.82) is 0 Å². The van der Waals surface area contributed by atoms with Gasteiger partial charge in [-0.15, -0.1) is 0 Å². The van der Waals surface area contributed by atoms with Crippen molar-refractivity contribution >= 4 is 5.91 Å². The fourth-order valence-corrected chi connectivity index (χ4v) is 1.79. The Morgan fingerprint density at radius 1 is 1.33 bits per heavy atom. The van der Waals surface area contributed by atoms with Gasteiger partial charge in [0.1, 0.15) is 5.82 Å². The molecule has 1 N–H and O–H groups in total. The van der Waals surface area contributed by atoms with Crippen LogP contribution in [-0.2, 0) is 11.2 Å². The van der Waals surface area contributed by atoms with E-state index in [-0.39, 0.29) is 18.1 Å². The number of nitrogens with zero attached hydrogens (tertiary/aromatic N) is 1. The molecule has 1 aromatic carbocycles. The molecule has 0 spiro atoms. The molecule has 0 aliphatic rings. The maximum atomic E-state index is 12.9. The Balaban J connectivity index is 2.29. The van der Waals surface area contributed by atoms with Crippen molar-refractivity contribution in [2.75, 3.05) is 26.2 Å². The lowest BCUT2D eigenvalue weighted by Gasteiger charge is -2.17. The van der Waals surface area contributed by atoms with Crippen molar-refractivity contribution in [3.05, 3.63) is 35.6 Å². The number of likely N-dealkylation sites (N-methyl/N-ethyl adjacent to an activating group) is 1. The topological polar surface area (TPSA) is 32.3 Å². The first-order valence-electron chi connectivity index (χ1n) is 6.39. The molecule has 0 saturated carbocycles. The first-order chi connectivity index (χ1) is 8.65. The van der Waals surface area contributed by atoms with E-state index in [9.17, 15) is 9.18 Å². The van der Waals surface area contributed by atoms with Crippen LogP contribution in [-0.4, -0.2) is 37.0 Å². The highest BCUT2D eigenvalue weighted by atomic mass is 19.1. The molecule has 0 aromatic heterocycles.